The highest BCUT2D eigenvalue weighted by Crippen LogP contribution is 2.27. The summed E-state index contributed by atoms with van der Waals surface area (Å²) in [4.78, 5) is 15.3. The first-order chi connectivity index (χ1) is 10.1. The Kier molecular flexibility index (Phi) is 4.07. The summed E-state index contributed by atoms with van der Waals surface area (Å²) in [6.07, 6.45) is 3.28. The third-order valence-corrected chi connectivity index (χ3v) is 4.66. The largest absolute Gasteiger partial charge is 0.370 e. The van der Waals surface area contributed by atoms with Crippen molar-refractivity contribution in [2.75, 3.05) is 31.1 Å². The summed E-state index contributed by atoms with van der Waals surface area (Å²) in [6, 6.07) is 7.85. The molecule has 2 fully saturated rings. The molecule has 2 saturated heterocycles. The van der Waals surface area contributed by atoms with Gasteiger partial charge in [0, 0.05) is 43.0 Å². The Labute approximate surface area is 124 Å². The van der Waals surface area contributed by atoms with Crippen LogP contribution in [0.4, 0.5) is 11.4 Å². The lowest BCUT2D eigenvalue weighted by Crippen LogP contribution is -2.46. The van der Waals surface area contributed by atoms with Gasteiger partial charge in [-0.25, -0.2) is 0 Å². The Hall–Kier alpha value is -1.66. The lowest BCUT2D eigenvalue weighted by atomic mass is 10.0. The van der Waals surface area contributed by atoms with E-state index >= 15 is 0 Å². The maximum atomic E-state index is 10.9. The fraction of sp³-hybridized carbons (Fsp3) is 0.600. The summed E-state index contributed by atoms with van der Waals surface area (Å²) in [5.41, 5.74) is 7.08. The van der Waals surface area contributed by atoms with E-state index in [0.717, 1.165) is 51.1 Å². The minimum Gasteiger partial charge on any atom is -0.370 e. The van der Waals surface area contributed by atoms with Gasteiger partial charge in [0.2, 0.25) is 0 Å². The Balaban J connectivity index is 1.64. The molecule has 114 valence electrons. The molecule has 0 amide bonds. The van der Waals surface area contributed by atoms with Crippen LogP contribution in [0.5, 0.6) is 0 Å². The van der Waals surface area contributed by atoms with Crippen molar-refractivity contribution in [3.05, 3.63) is 34.4 Å². The molecule has 0 saturated carbocycles. The van der Waals surface area contributed by atoms with Gasteiger partial charge in [-0.2, -0.15) is 0 Å². The molecule has 6 heteroatoms. The number of piperidine rings is 1. The van der Waals surface area contributed by atoms with E-state index in [4.69, 9.17) is 5.73 Å². The smallest absolute Gasteiger partial charge is 0.271 e. The zero-order valence-electron chi connectivity index (χ0n) is 12.1. The van der Waals surface area contributed by atoms with Gasteiger partial charge in [0.05, 0.1) is 4.92 Å². The van der Waals surface area contributed by atoms with Gasteiger partial charge < -0.3 is 10.6 Å². The van der Waals surface area contributed by atoms with Crippen LogP contribution in [0.1, 0.15) is 19.3 Å². The van der Waals surface area contributed by atoms with Gasteiger partial charge in [-0.15, -0.1) is 0 Å². The van der Waals surface area contributed by atoms with E-state index in [1.165, 1.54) is 0 Å². The first-order valence-corrected chi connectivity index (χ1v) is 7.62. The molecular formula is C15H22N4O2. The number of rotatable bonds is 3. The van der Waals surface area contributed by atoms with Crippen LogP contribution in [0.25, 0.3) is 0 Å². The maximum absolute atomic E-state index is 10.9. The van der Waals surface area contributed by atoms with Crippen molar-refractivity contribution in [2.45, 2.75) is 31.3 Å². The average Bonchev–Trinajstić information content (AvgIpc) is 2.98. The molecule has 21 heavy (non-hydrogen) atoms. The molecule has 2 heterocycles. The summed E-state index contributed by atoms with van der Waals surface area (Å²) >= 11 is 0. The third-order valence-electron chi connectivity index (χ3n) is 4.66. The van der Waals surface area contributed by atoms with E-state index in [-0.39, 0.29) is 10.6 Å². The number of benzene rings is 1. The number of hydrogen-bond acceptors (Lipinski definition) is 5. The zero-order chi connectivity index (χ0) is 14.8. The highest BCUT2D eigenvalue weighted by atomic mass is 16.6. The molecule has 1 atom stereocenters. The molecular weight excluding hydrogens is 268 g/mol. The molecule has 0 aliphatic carbocycles. The van der Waals surface area contributed by atoms with Crippen LogP contribution < -0.4 is 10.6 Å². The van der Waals surface area contributed by atoms with Crippen LogP contribution in [0, 0.1) is 10.1 Å². The predicted octanol–water partition coefficient (Wildman–Crippen LogP) is 1.60. The molecule has 0 radical (unpaired) electrons. The van der Waals surface area contributed by atoms with Crippen LogP contribution in [-0.4, -0.2) is 48.1 Å². The van der Waals surface area contributed by atoms with Gasteiger partial charge in [0.1, 0.15) is 0 Å². The molecule has 2 N–H and O–H groups in total. The van der Waals surface area contributed by atoms with Crippen LogP contribution in [0.2, 0.25) is 0 Å². The number of hydrogen-bond donors (Lipinski definition) is 1. The Morgan fingerprint density at radius 2 is 1.95 bits per heavy atom. The number of anilines is 1. The van der Waals surface area contributed by atoms with Gasteiger partial charge in [-0.3, -0.25) is 15.0 Å². The van der Waals surface area contributed by atoms with Crippen LogP contribution in [-0.2, 0) is 0 Å². The van der Waals surface area contributed by atoms with Crippen LogP contribution in [0.15, 0.2) is 24.3 Å². The second kappa shape index (κ2) is 5.99. The molecule has 0 spiro atoms. The lowest BCUT2D eigenvalue weighted by Gasteiger charge is -2.34. The number of nitrogens with zero attached hydrogens (tertiary/aromatic N) is 3. The van der Waals surface area contributed by atoms with E-state index < -0.39 is 0 Å². The van der Waals surface area contributed by atoms with E-state index in [9.17, 15) is 10.1 Å². The van der Waals surface area contributed by atoms with Crippen molar-refractivity contribution in [1.82, 2.24) is 4.90 Å². The summed E-state index contributed by atoms with van der Waals surface area (Å²) in [5, 5.41) is 10.9. The molecule has 1 aromatic rings. The van der Waals surface area contributed by atoms with Gasteiger partial charge in [-0.1, -0.05) is 6.07 Å². The number of nitro benzene ring substituents is 1. The first-order valence-electron chi connectivity index (χ1n) is 7.62. The van der Waals surface area contributed by atoms with Gasteiger partial charge in [0.25, 0.3) is 5.69 Å². The SMILES string of the molecule is NC1CCN(C2CCN(c3cccc([N+](=O)[O-])c3)C2)CC1. The average molecular weight is 290 g/mol. The number of likely N-dealkylation sites (tertiary alicyclic amines) is 1. The van der Waals surface area contributed by atoms with Crippen molar-refractivity contribution >= 4 is 11.4 Å². The quantitative estimate of drug-likeness (QED) is 0.676. The maximum Gasteiger partial charge on any atom is 0.271 e. The predicted molar refractivity (Wildman–Crippen MR) is 82.5 cm³/mol. The van der Waals surface area contributed by atoms with Crippen LogP contribution in [0.3, 0.4) is 0 Å². The Morgan fingerprint density at radius 1 is 1.19 bits per heavy atom. The molecule has 1 unspecified atom stereocenters. The first kappa shape index (κ1) is 14.3. The lowest BCUT2D eigenvalue weighted by molar-refractivity contribution is -0.384. The number of nitro groups is 1. The normalized spacial score (nSPS) is 24.4. The van der Waals surface area contributed by atoms with Gasteiger partial charge in [0.15, 0.2) is 0 Å². The minimum absolute atomic E-state index is 0.167. The zero-order valence-corrected chi connectivity index (χ0v) is 12.1. The Morgan fingerprint density at radius 3 is 2.67 bits per heavy atom. The number of nitrogens with two attached hydrogens (primary N) is 1. The summed E-state index contributed by atoms with van der Waals surface area (Å²) in [6.45, 7) is 4.08. The molecule has 1 aromatic carbocycles. The fourth-order valence-corrected chi connectivity index (χ4v) is 3.36. The summed E-state index contributed by atoms with van der Waals surface area (Å²) < 4.78 is 0. The molecule has 3 rings (SSSR count). The standard InChI is InChI=1S/C15H22N4O2/c16-12-4-7-17(8-5-12)15-6-9-18(11-15)13-2-1-3-14(10-13)19(20)21/h1-3,10,12,15H,4-9,11,16H2. The highest BCUT2D eigenvalue weighted by molar-refractivity contribution is 5.54. The van der Waals surface area contributed by atoms with E-state index in [1.807, 2.05) is 6.07 Å². The van der Waals surface area contributed by atoms with E-state index in [1.54, 1.807) is 18.2 Å². The molecule has 0 aromatic heterocycles. The van der Waals surface area contributed by atoms with E-state index in [0.29, 0.717) is 12.1 Å². The van der Waals surface area contributed by atoms with Crippen molar-refractivity contribution < 1.29 is 4.92 Å². The molecule has 2 aliphatic heterocycles. The van der Waals surface area contributed by atoms with E-state index in [2.05, 4.69) is 9.80 Å². The van der Waals surface area contributed by atoms with Crippen LogP contribution >= 0.6 is 0 Å². The van der Waals surface area contributed by atoms with Crippen molar-refractivity contribution in [3.63, 3.8) is 0 Å². The van der Waals surface area contributed by atoms with Crippen molar-refractivity contribution in [1.29, 1.82) is 0 Å². The summed E-state index contributed by atoms with van der Waals surface area (Å²) in [5.74, 6) is 0. The monoisotopic (exact) mass is 290 g/mol. The molecule has 0 bridgehead atoms. The molecule has 6 nitrogen and oxygen atoms in total. The number of non-ortho nitro benzene ring substituents is 1. The van der Waals surface area contributed by atoms with Gasteiger partial charge >= 0.3 is 0 Å². The van der Waals surface area contributed by atoms with Crippen molar-refractivity contribution in [2.24, 2.45) is 5.73 Å². The second-order valence-corrected chi connectivity index (χ2v) is 6.04. The minimum atomic E-state index is -0.330. The molecule has 2 aliphatic rings. The fourth-order valence-electron chi connectivity index (χ4n) is 3.36. The van der Waals surface area contributed by atoms with Gasteiger partial charge in [-0.05, 0) is 38.4 Å². The summed E-state index contributed by atoms with van der Waals surface area (Å²) in [7, 11) is 0. The third kappa shape index (κ3) is 3.16. The second-order valence-electron chi connectivity index (χ2n) is 6.04. The highest BCUT2D eigenvalue weighted by Gasteiger charge is 2.30. The van der Waals surface area contributed by atoms with Crippen molar-refractivity contribution in [3.8, 4) is 0 Å². The topological polar surface area (TPSA) is 75.6 Å². The Bertz CT molecular complexity index is 514.